The van der Waals surface area contributed by atoms with Crippen molar-refractivity contribution in [3.8, 4) is 5.75 Å². The average Bonchev–Trinajstić information content (AvgIpc) is 2.95. The third-order valence-corrected chi connectivity index (χ3v) is 3.29. The third kappa shape index (κ3) is 4.20. The molecule has 0 saturated carbocycles. The molecule has 0 spiro atoms. The standard InChI is InChI=1S/C12H17N3OS/c1-15-10-11(9-14-15)16-7-6-13-5-4-12-3-2-8-17-12/h2-3,8-10,13H,4-7H2,1H3. The molecular formula is C12H17N3OS. The van der Waals surface area contributed by atoms with Gasteiger partial charge in [-0.05, 0) is 17.9 Å². The van der Waals surface area contributed by atoms with E-state index in [2.05, 4.69) is 27.9 Å². The summed E-state index contributed by atoms with van der Waals surface area (Å²) in [5.74, 6) is 0.826. The molecule has 0 fully saturated rings. The number of thiophene rings is 1. The van der Waals surface area contributed by atoms with Crippen LogP contribution in [0.4, 0.5) is 0 Å². The maximum Gasteiger partial charge on any atom is 0.157 e. The van der Waals surface area contributed by atoms with E-state index in [-0.39, 0.29) is 0 Å². The van der Waals surface area contributed by atoms with Gasteiger partial charge in [0.2, 0.25) is 0 Å². The van der Waals surface area contributed by atoms with E-state index < -0.39 is 0 Å². The summed E-state index contributed by atoms with van der Waals surface area (Å²) in [5, 5.41) is 9.51. The topological polar surface area (TPSA) is 39.1 Å². The van der Waals surface area contributed by atoms with Gasteiger partial charge in [0, 0.05) is 25.0 Å². The maximum atomic E-state index is 5.52. The van der Waals surface area contributed by atoms with Gasteiger partial charge >= 0.3 is 0 Å². The number of aromatic nitrogens is 2. The van der Waals surface area contributed by atoms with Crippen molar-refractivity contribution < 1.29 is 4.74 Å². The molecule has 0 radical (unpaired) electrons. The summed E-state index contributed by atoms with van der Waals surface area (Å²) in [4.78, 5) is 1.42. The molecule has 92 valence electrons. The lowest BCUT2D eigenvalue weighted by atomic mass is 10.3. The first-order valence-electron chi connectivity index (χ1n) is 5.69. The zero-order chi connectivity index (χ0) is 11.9. The quantitative estimate of drug-likeness (QED) is 0.761. The fraction of sp³-hybridized carbons (Fsp3) is 0.417. The largest absolute Gasteiger partial charge is 0.489 e. The van der Waals surface area contributed by atoms with Gasteiger partial charge in [-0.3, -0.25) is 4.68 Å². The molecule has 0 bridgehead atoms. The van der Waals surface area contributed by atoms with Crippen LogP contribution < -0.4 is 10.1 Å². The van der Waals surface area contributed by atoms with E-state index in [9.17, 15) is 0 Å². The molecule has 0 aliphatic carbocycles. The summed E-state index contributed by atoms with van der Waals surface area (Å²) in [7, 11) is 1.88. The molecule has 1 N–H and O–H groups in total. The van der Waals surface area contributed by atoms with Gasteiger partial charge < -0.3 is 10.1 Å². The molecule has 2 rings (SSSR count). The van der Waals surface area contributed by atoms with Gasteiger partial charge in [0.1, 0.15) is 6.61 Å². The van der Waals surface area contributed by atoms with Gasteiger partial charge in [-0.1, -0.05) is 6.07 Å². The summed E-state index contributed by atoms with van der Waals surface area (Å²) < 4.78 is 7.26. The molecule has 4 nitrogen and oxygen atoms in total. The lowest BCUT2D eigenvalue weighted by molar-refractivity contribution is 0.314. The Hall–Kier alpha value is -1.33. The number of nitrogens with zero attached hydrogens (tertiary/aromatic N) is 2. The fourth-order valence-corrected chi connectivity index (χ4v) is 2.21. The van der Waals surface area contributed by atoms with E-state index in [1.165, 1.54) is 4.88 Å². The van der Waals surface area contributed by atoms with E-state index in [1.54, 1.807) is 22.2 Å². The molecule has 0 saturated heterocycles. The van der Waals surface area contributed by atoms with Crippen molar-refractivity contribution in [2.24, 2.45) is 7.05 Å². The van der Waals surface area contributed by atoms with Gasteiger partial charge in [0.15, 0.2) is 5.75 Å². The molecule has 0 unspecified atom stereocenters. The monoisotopic (exact) mass is 251 g/mol. The molecule has 0 aliphatic heterocycles. The van der Waals surface area contributed by atoms with Crippen molar-refractivity contribution in [1.29, 1.82) is 0 Å². The van der Waals surface area contributed by atoms with Gasteiger partial charge in [-0.2, -0.15) is 5.10 Å². The minimum atomic E-state index is 0.677. The van der Waals surface area contributed by atoms with Crippen LogP contribution in [0.25, 0.3) is 0 Å². The smallest absolute Gasteiger partial charge is 0.157 e. The van der Waals surface area contributed by atoms with Gasteiger partial charge in [0.25, 0.3) is 0 Å². The van der Waals surface area contributed by atoms with Crippen molar-refractivity contribution in [2.45, 2.75) is 6.42 Å². The lowest BCUT2D eigenvalue weighted by Gasteiger charge is -2.04. The minimum absolute atomic E-state index is 0.677. The van der Waals surface area contributed by atoms with Crippen LogP contribution in [-0.4, -0.2) is 29.5 Å². The zero-order valence-electron chi connectivity index (χ0n) is 9.93. The second-order valence-electron chi connectivity index (χ2n) is 3.78. The fourth-order valence-electron chi connectivity index (χ4n) is 1.51. The van der Waals surface area contributed by atoms with Crippen LogP contribution in [0.2, 0.25) is 0 Å². The molecule has 17 heavy (non-hydrogen) atoms. The van der Waals surface area contributed by atoms with Crippen molar-refractivity contribution in [2.75, 3.05) is 19.7 Å². The Labute approximate surface area is 105 Å². The van der Waals surface area contributed by atoms with Crippen LogP contribution in [0.5, 0.6) is 5.75 Å². The predicted octanol–water partition coefficient (Wildman–Crippen LogP) is 1.69. The van der Waals surface area contributed by atoms with Crippen molar-refractivity contribution >= 4 is 11.3 Å². The van der Waals surface area contributed by atoms with Gasteiger partial charge in [-0.15, -0.1) is 11.3 Å². The van der Waals surface area contributed by atoms with Crippen LogP contribution >= 0.6 is 11.3 Å². The Morgan fingerprint density at radius 2 is 2.41 bits per heavy atom. The Kier molecular flexibility index (Phi) is 4.58. The minimum Gasteiger partial charge on any atom is -0.489 e. The van der Waals surface area contributed by atoms with Crippen molar-refractivity contribution in [1.82, 2.24) is 15.1 Å². The zero-order valence-corrected chi connectivity index (χ0v) is 10.7. The van der Waals surface area contributed by atoms with E-state index in [0.29, 0.717) is 6.61 Å². The summed E-state index contributed by atoms with van der Waals surface area (Å²) in [6, 6.07) is 4.25. The molecule has 2 heterocycles. The lowest BCUT2D eigenvalue weighted by Crippen LogP contribution is -2.23. The third-order valence-electron chi connectivity index (χ3n) is 2.36. The van der Waals surface area contributed by atoms with E-state index >= 15 is 0 Å². The number of hydrogen-bond donors (Lipinski definition) is 1. The first-order chi connectivity index (χ1) is 8.34. The molecule has 0 atom stereocenters. The average molecular weight is 251 g/mol. The highest BCUT2D eigenvalue weighted by Gasteiger charge is 1.96. The molecule has 0 aromatic carbocycles. The number of ether oxygens (including phenoxy) is 1. The Morgan fingerprint density at radius 1 is 1.47 bits per heavy atom. The second kappa shape index (κ2) is 6.42. The van der Waals surface area contributed by atoms with Crippen LogP contribution in [0, 0.1) is 0 Å². The summed E-state index contributed by atoms with van der Waals surface area (Å²) in [6.45, 7) is 2.54. The highest BCUT2D eigenvalue weighted by atomic mass is 32.1. The van der Waals surface area contributed by atoms with Crippen LogP contribution in [0.1, 0.15) is 4.88 Å². The van der Waals surface area contributed by atoms with Gasteiger partial charge in [-0.25, -0.2) is 0 Å². The van der Waals surface area contributed by atoms with Crippen LogP contribution in [-0.2, 0) is 13.5 Å². The first-order valence-corrected chi connectivity index (χ1v) is 6.57. The van der Waals surface area contributed by atoms with Crippen LogP contribution in [0.3, 0.4) is 0 Å². The maximum absolute atomic E-state index is 5.52. The Balaban J connectivity index is 1.52. The number of aryl methyl sites for hydroxylation is 1. The number of nitrogens with one attached hydrogen (secondary N) is 1. The van der Waals surface area contributed by atoms with E-state index in [1.807, 2.05) is 13.2 Å². The van der Waals surface area contributed by atoms with Crippen molar-refractivity contribution in [3.05, 3.63) is 34.8 Å². The van der Waals surface area contributed by atoms with Crippen LogP contribution in [0.15, 0.2) is 29.9 Å². The summed E-state index contributed by atoms with van der Waals surface area (Å²) in [6.07, 6.45) is 4.68. The SMILES string of the molecule is Cn1cc(OCCNCCc2cccs2)cn1. The summed E-state index contributed by atoms with van der Waals surface area (Å²) >= 11 is 1.80. The molecule has 0 aliphatic rings. The molecule has 0 amide bonds. The number of rotatable bonds is 7. The summed E-state index contributed by atoms with van der Waals surface area (Å²) in [5.41, 5.74) is 0. The predicted molar refractivity (Wildman–Crippen MR) is 69.6 cm³/mol. The van der Waals surface area contributed by atoms with E-state index in [4.69, 9.17) is 4.74 Å². The highest BCUT2D eigenvalue weighted by molar-refractivity contribution is 7.09. The van der Waals surface area contributed by atoms with E-state index in [0.717, 1.165) is 25.3 Å². The second-order valence-corrected chi connectivity index (χ2v) is 4.81. The van der Waals surface area contributed by atoms with Crippen molar-refractivity contribution in [3.63, 3.8) is 0 Å². The molecule has 2 aromatic rings. The first kappa shape index (κ1) is 12.1. The molecule has 2 aromatic heterocycles. The Bertz CT molecular complexity index is 425. The normalized spacial score (nSPS) is 10.6. The molecular weight excluding hydrogens is 234 g/mol. The Morgan fingerprint density at radius 3 is 3.12 bits per heavy atom. The number of hydrogen-bond acceptors (Lipinski definition) is 4. The molecule has 5 heteroatoms. The highest BCUT2D eigenvalue weighted by Crippen LogP contribution is 2.08. The van der Waals surface area contributed by atoms with Gasteiger partial charge in [0.05, 0.1) is 12.4 Å².